The highest BCUT2D eigenvalue weighted by Crippen LogP contribution is 2.27. The van der Waals surface area contributed by atoms with Crippen LogP contribution in [0, 0.1) is 13.8 Å². The molecule has 1 aromatic carbocycles. The summed E-state index contributed by atoms with van der Waals surface area (Å²) in [6, 6.07) is 5.23. The number of aryl methyl sites for hydroxylation is 2. The van der Waals surface area contributed by atoms with Crippen molar-refractivity contribution in [2.45, 2.75) is 20.0 Å². The van der Waals surface area contributed by atoms with Crippen molar-refractivity contribution in [1.29, 1.82) is 0 Å². The molecule has 86 valence electrons. The quantitative estimate of drug-likeness (QED) is 0.674. The van der Waals surface area contributed by atoms with Gasteiger partial charge in [-0.3, -0.25) is 0 Å². The molecule has 0 saturated carbocycles. The number of hydrogen-bond donors (Lipinski definition) is 0. The zero-order chi connectivity index (χ0) is 12.3. The average Bonchev–Trinajstić information content (AvgIpc) is 2.15. The van der Waals surface area contributed by atoms with E-state index in [1.165, 1.54) is 0 Å². The van der Waals surface area contributed by atoms with Gasteiger partial charge in [0.05, 0.1) is 5.69 Å². The summed E-state index contributed by atoms with van der Waals surface area (Å²) >= 11 is 0. The van der Waals surface area contributed by atoms with Crippen LogP contribution in [-0.4, -0.2) is 11.9 Å². The number of alkyl halides is 3. The van der Waals surface area contributed by atoms with E-state index in [9.17, 15) is 13.2 Å². The van der Waals surface area contributed by atoms with Gasteiger partial charge in [-0.2, -0.15) is 13.2 Å². The molecule has 4 heteroatoms. The van der Waals surface area contributed by atoms with E-state index >= 15 is 0 Å². The van der Waals surface area contributed by atoms with Crippen molar-refractivity contribution in [2.24, 2.45) is 4.99 Å². The van der Waals surface area contributed by atoms with E-state index in [2.05, 4.69) is 11.6 Å². The summed E-state index contributed by atoms with van der Waals surface area (Å²) in [5, 5.41) is 0. The van der Waals surface area contributed by atoms with E-state index in [0.717, 1.165) is 6.08 Å². The highest BCUT2D eigenvalue weighted by molar-refractivity contribution is 6.00. The minimum atomic E-state index is -4.46. The number of hydrogen-bond acceptors (Lipinski definition) is 1. The normalized spacial score (nSPS) is 12.7. The molecule has 0 unspecified atom stereocenters. The number of aliphatic imine (C=N–C) groups is 1. The fourth-order valence-corrected chi connectivity index (χ4v) is 1.33. The van der Waals surface area contributed by atoms with Gasteiger partial charge in [0.1, 0.15) is 5.71 Å². The third kappa shape index (κ3) is 2.72. The zero-order valence-corrected chi connectivity index (χ0v) is 9.10. The van der Waals surface area contributed by atoms with Gasteiger partial charge in [-0.05, 0) is 31.1 Å². The van der Waals surface area contributed by atoms with Crippen molar-refractivity contribution in [2.75, 3.05) is 0 Å². The molecule has 0 radical (unpaired) electrons. The highest BCUT2D eigenvalue weighted by atomic mass is 19.4. The second-order valence-electron chi connectivity index (χ2n) is 3.44. The zero-order valence-electron chi connectivity index (χ0n) is 9.10. The molecular weight excluding hydrogens is 215 g/mol. The van der Waals surface area contributed by atoms with E-state index in [1.54, 1.807) is 32.0 Å². The van der Waals surface area contributed by atoms with Crippen LogP contribution in [0.4, 0.5) is 18.9 Å². The Morgan fingerprint density at radius 3 is 2.12 bits per heavy atom. The lowest BCUT2D eigenvalue weighted by Crippen LogP contribution is -2.20. The van der Waals surface area contributed by atoms with Crippen LogP contribution in [-0.2, 0) is 0 Å². The summed E-state index contributed by atoms with van der Waals surface area (Å²) in [5.41, 5.74) is 0.812. The van der Waals surface area contributed by atoms with Crippen molar-refractivity contribution in [3.05, 3.63) is 42.0 Å². The minimum absolute atomic E-state index is 0.356. The molecule has 0 saturated heterocycles. The maximum Gasteiger partial charge on any atom is 0.433 e. The molecule has 0 amide bonds. The van der Waals surface area contributed by atoms with Crippen LogP contribution in [0.3, 0.4) is 0 Å². The van der Waals surface area contributed by atoms with Crippen molar-refractivity contribution < 1.29 is 13.2 Å². The fourth-order valence-electron chi connectivity index (χ4n) is 1.33. The number of rotatable bonds is 2. The molecule has 0 aromatic heterocycles. The number of allylic oxidation sites excluding steroid dienone is 1. The predicted molar refractivity (Wildman–Crippen MR) is 59.3 cm³/mol. The summed E-state index contributed by atoms with van der Waals surface area (Å²) in [6.07, 6.45) is -3.73. The summed E-state index contributed by atoms with van der Waals surface area (Å²) in [6.45, 7) is 6.58. The second kappa shape index (κ2) is 4.51. The molecule has 1 nitrogen and oxygen atoms in total. The summed E-state index contributed by atoms with van der Waals surface area (Å²) < 4.78 is 37.4. The topological polar surface area (TPSA) is 12.4 Å². The predicted octanol–water partition coefficient (Wildman–Crippen LogP) is 4.12. The van der Waals surface area contributed by atoms with Gasteiger partial charge in [0, 0.05) is 0 Å². The first-order chi connectivity index (χ1) is 7.36. The van der Waals surface area contributed by atoms with Gasteiger partial charge in [-0.1, -0.05) is 24.8 Å². The van der Waals surface area contributed by atoms with Crippen molar-refractivity contribution >= 4 is 11.4 Å². The largest absolute Gasteiger partial charge is 0.433 e. The fraction of sp³-hybridized carbons (Fsp3) is 0.250. The van der Waals surface area contributed by atoms with Crippen LogP contribution in [0.25, 0.3) is 0 Å². The summed E-state index contributed by atoms with van der Waals surface area (Å²) in [4.78, 5) is 3.62. The van der Waals surface area contributed by atoms with Crippen LogP contribution >= 0.6 is 0 Å². The van der Waals surface area contributed by atoms with Gasteiger partial charge in [0.15, 0.2) is 0 Å². The molecular formula is C12H12F3N. The SMILES string of the molecule is C=CC(=Nc1c(C)cccc1C)C(F)(F)F. The van der Waals surface area contributed by atoms with Crippen LogP contribution < -0.4 is 0 Å². The molecule has 0 aliphatic rings. The lowest BCUT2D eigenvalue weighted by molar-refractivity contribution is -0.0576. The number of benzene rings is 1. The van der Waals surface area contributed by atoms with E-state index in [1.807, 2.05) is 0 Å². The third-order valence-electron chi connectivity index (χ3n) is 2.16. The first kappa shape index (κ1) is 12.5. The molecule has 0 bridgehead atoms. The third-order valence-corrected chi connectivity index (χ3v) is 2.16. The van der Waals surface area contributed by atoms with Gasteiger partial charge in [0.2, 0.25) is 0 Å². The Kier molecular flexibility index (Phi) is 3.52. The van der Waals surface area contributed by atoms with E-state index in [0.29, 0.717) is 16.8 Å². The minimum Gasteiger partial charge on any atom is -0.243 e. The van der Waals surface area contributed by atoms with Gasteiger partial charge in [0.25, 0.3) is 0 Å². The van der Waals surface area contributed by atoms with Crippen molar-refractivity contribution in [1.82, 2.24) is 0 Å². The Hall–Kier alpha value is -1.58. The molecule has 1 rings (SSSR count). The van der Waals surface area contributed by atoms with Gasteiger partial charge in [-0.25, -0.2) is 4.99 Å². The van der Waals surface area contributed by atoms with Crippen LogP contribution in [0.1, 0.15) is 11.1 Å². The highest BCUT2D eigenvalue weighted by Gasteiger charge is 2.33. The van der Waals surface area contributed by atoms with E-state index in [-0.39, 0.29) is 0 Å². The Morgan fingerprint density at radius 2 is 1.75 bits per heavy atom. The second-order valence-corrected chi connectivity index (χ2v) is 3.44. The average molecular weight is 227 g/mol. The van der Waals surface area contributed by atoms with Crippen molar-refractivity contribution in [3.8, 4) is 0 Å². The Labute approximate surface area is 92.3 Å². The van der Waals surface area contributed by atoms with Gasteiger partial charge in [-0.15, -0.1) is 0 Å². The molecule has 16 heavy (non-hydrogen) atoms. The van der Waals surface area contributed by atoms with Crippen LogP contribution in [0.2, 0.25) is 0 Å². The Bertz CT molecular complexity index is 410. The number of halogens is 3. The first-order valence-corrected chi connectivity index (χ1v) is 4.71. The maximum atomic E-state index is 12.5. The van der Waals surface area contributed by atoms with Gasteiger partial charge < -0.3 is 0 Å². The lowest BCUT2D eigenvalue weighted by Gasteiger charge is -2.09. The molecule has 0 N–H and O–H groups in total. The van der Waals surface area contributed by atoms with E-state index < -0.39 is 11.9 Å². The molecule has 0 aliphatic carbocycles. The summed E-state index contributed by atoms with van der Waals surface area (Å²) in [5.74, 6) is 0. The van der Waals surface area contributed by atoms with Crippen LogP contribution in [0.5, 0.6) is 0 Å². The maximum absolute atomic E-state index is 12.5. The van der Waals surface area contributed by atoms with Gasteiger partial charge >= 0.3 is 6.18 Å². The molecule has 0 heterocycles. The molecule has 0 spiro atoms. The molecule has 0 atom stereocenters. The lowest BCUT2D eigenvalue weighted by atomic mass is 10.1. The molecule has 1 aromatic rings. The first-order valence-electron chi connectivity index (χ1n) is 4.71. The van der Waals surface area contributed by atoms with Crippen molar-refractivity contribution in [3.63, 3.8) is 0 Å². The smallest absolute Gasteiger partial charge is 0.243 e. The summed E-state index contributed by atoms with van der Waals surface area (Å²) in [7, 11) is 0. The number of nitrogens with zero attached hydrogens (tertiary/aromatic N) is 1. The standard InChI is InChI=1S/C12H12F3N/c1-4-10(12(13,14)15)16-11-8(2)6-5-7-9(11)3/h4-7H,1H2,2-3H3. The monoisotopic (exact) mass is 227 g/mol. The molecule has 0 aliphatic heterocycles. The van der Waals surface area contributed by atoms with Crippen LogP contribution in [0.15, 0.2) is 35.8 Å². The Balaban J connectivity index is 3.30. The Morgan fingerprint density at radius 1 is 1.25 bits per heavy atom. The molecule has 0 fully saturated rings. The van der Waals surface area contributed by atoms with E-state index in [4.69, 9.17) is 0 Å². The number of para-hydroxylation sites is 1.